The number of rotatable bonds is 9. The van der Waals surface area contributed by atoms with Gasteiger partial charge in [-0.05, 0) is 42.2 Å². The summed E-state index contributed by atoms with van der Waals surface area (Å²) in [4.78, 5) is 17.9. The first-order valence-corrected chi connectivity index (χ1v) is 10.9. The van der Waals surface area contributed by atoms with Crippen LogP contribution in [0.1, 0.15) is 38.8 Å². The van der Waals surface area contributed by atoms with Gasteiger partial charge in [-0.15, -0.1) is 0 Å². The normalized spacial score (nSPS) is 14.8. The van der Waals surface area contributed by atoms with Crippen LogP contribution in [0.4, 0.5) is 5.69 Å². The number of methoxy groups -OCH3 is 2. The molecule has 5 heteroatoms. The lowest BCUT2D eigenvalue weighted by Gasteiger charge is -2.30. The van der Waals surface area contributed by atoms with Gasteiger partial charge in [0.15, 0.2) is 0 Å². The summed E-state index contributed by atoms with van der Waals surface area (Å²) in [5.74, 6) is 2.51. The third-order valence-electron chi connectivity index (χ3n) is 5.29. The summed E-state index contributed by atoms with van der Waals surface area (Å²) in [7, 11) is 3.27. The molecule has 0 radical (unpaired) electrons. The second kappa shape index (κ2) is 10.0. The molecule has 0 saturated carbocycles. The van der Waals surface area contributed by atoms with E-state index in [1.807, 2.05) is 53.4 Å². The van der Waals surface area contributed by atoms with Crippen molar-refractivity contribution in [1.29, 1.82) is 0 Å². The van der Waals surface area contributed by atoms with Gasteiger partial charge in [-0.3, -0.25) is 14.6 Å². The highest BCUT2D eigenvalue weighted by Gasteiger charge is 2.33. The largest absolute Gasteiger partial charge is 0.497 e. The molecule has 0 aromatic heterocycles. The number of benzene rings is 2. The Labute approximate surface area is 186 Å². The number of ether oxygens (including phenoxy) is 2. The van der Waals surface area contributed by atoms with Crippen molar-refractivity contribution in [2.45, 2.75) is 27.7 Å². The zero-order valence-electron chi connectivity index (χ0n) is 19.5. The third kappa shape index (κ3) is 5.28. The molecule has 1 amide bonds. The van der Waals surface area contributed by atoms with Crippen molar-refractivity contribution in [3.05, 3.63) is 53.6 Å². The summed E-state index contributed by atoms with van der Waals surface area (Å²) in [5, 5.41) is 0. The Hall–Kier alpha value is -2.79. The summed E-state index contributed by atoms with van der Waals surface area (Å²) in [5.41, 5.74) is 3.41. The molecule has 0 saturated heterocycles. The number of fused-ring (bicyclic) bond motifs is 1. The van der Waals surface area contributed by atoms with Crippen LogP contribution >= 0.6 is 0 Å². The van der Waals surface area contributed by atoms with Crippen LogP contribution in [-0.4, -0.2) is 44.8 Å². The number of hydrogen-bond acceptors (Lipinski definition) is 4. The summed E-state index contributed by atoms with van der Waals surface area (Å²) < 4.78 is 10.9. The van der Waals surface area contributed by atoms with Crippen LogP contribution in [0.2, 0.25) is 0 Å². The molecule has 0 unspecified atom stereocenters. The maximum absolute atomic E-state index is 13.6. The Balaban J connectivity index is 2.00. The fourth-order valence-electron chi connectivity index (χ4n) is 4.12. The SMILES string of the molecule is COc1ccc(OC)c(/C=C2/C(=O)N(CN(CC(C)C)CC(C)C)c3ccccc32)c1. The summed E-state index contributed by atoms with van der Waals surface area (Å²) in [6.07, 6.45) is 1.91. The molecule has 0 fully saturated rings. The van der Waals surface area contributed by atoms with Crippen LogP contribution in [0.25, 0.3) is 11.6 Å². The van der Waals surface area contributed by atoms with E-state index in [1.165, 1.54) is 0 Å². The smallest absolute Gasteiger partial charge is 0.260 e. The molecule has 2 aromatic rings. The average molecular weight is 423 g/mol. The molecule has 0 bridgehead atoms. The van der Waals surface area contributed by atoms with E-state index in [0.29, 0.717) is 29.8 Å². The van der Waals surface area contributed by atoms with E-state index in [1.54, 1.807) is 14.2 Å². The van der Waals surface area contributed by atoms with E-state index in [2.05, 4.69) is 32.6 Å². The van der Waals surface area contributed by atoms with E-state index in [9.17, 15) is 4.79 Å². The minimum absolute atomic E-state index is 0.0172. The Morgan fingerprint density at radius 3 is 2.26 bits per heavy atom. The van der Waals surface area contributed by atoms with Crippen molar-refractivity contribution >= 4 is 23.2 Å². The summed E-state index contributed by atoms with van der Waals surface area (Å²) >= 11 is 0. The van der Waals surface area contributed by atoms with Crippen molar-refractivity contribution < 1.29 is 14.3 Å². The Kier molecular flexibility index (Phi) is 7.39. The number of amides is 1. The molecule has 0 atom stereocenters. The molecule has 0 N–H and O–H groups in total. The van der Waals surface area contributed by atoms with E-state index in [4.69, 9.17) is 9.47 Å². The fourth-order valence-corrected chi connectivity index (χ4v) is 4.12. The van der Waals surface area contributed by atoms with E-state index < -0.39 is 0 Å². The highest BCUT2D eigenvalue weighted by Crippen LogP contribution is 2.39. The van der Waals surface area contributed by atoms with Crippen LogP contribution in [0.3, 0.4) is 0 Å². The van der Waals surface area contributed by atoms with E-state index in [-0.39, 0.29) is 5.91 Å². The first kappa shape index (κ1) is 22.9. The quantitative estimate of drug-likeness (QED) is 0.523. The van der Waals surface area contributed by atoms with Crippen molar-refractivity contribution in [3.8, 4) is 11.5 Å². The molecular formula is C26H34N2O3. The molecular weight excluding hydrogens is 388 g/mol. The molecule has 1 aliphatic rings. The Morgan fingerprint density at radius 2 is 1.65 bits per heavy atom. The lowest BCUT2D eigenvalue weighted by atomic mass is 10.0. The van der Waals surface area contributed by atoms with Gasteiger partial charge in [0, 0.05) is 29.8 Å². The van der Waals surface area contributed by atoms with Crippen molar-refractivity contribution in [2.24, 2.45) is 11.8 Å². The van der Waals surface area contributed by atoms with Crippen LogP contribution in [0, 0.1) is 11.8 Å². The van der Waals surface area contributed by atoms with Crippen molar-refractivity contribution in [3.63, 3.8) is 0 Å². The molecule has 166 valence electrons. The van der Waals surface area contributed by atoms with Gasteiger partial charge in [0.25, 0.3) is 5.91 Å². The third-order valence-corrected chi connectivity index (χ3v) is 5.29. The molecule has 31 heavy (non-hydrogen) atoms. The van der Waals surface area contributed by atoms with Gasteiger partial charge < -0.3 is 9.47 Å². The predicted octanol–water partition coefficient (Wildman–Crippen LogP) is 5.16. The molecule has 2 aromatic carbocycles. The van der Waals surface area contributed by atoms with Gasteiger partial charge in [0.1, 0.15) is 11.5 Å². The topological polar surface area (TPSA) is 42.0 Å². The minimum Gasteiger partial charge on any atom is -0.497 e. The second-order valence-corrected chi connectivity index (χ2v) is 8.88. The molecule has 0 aliphatic carbocycles. The number of carbonyl (C=O) groups is 1. The van der Waals surface area contributed by atoms with Gasteiger partial charge in [-0.25, -0.2) is 0 Å². The van der Waals surface area contributed by atoms with Gasteiger partial charge in [0.2, 0.25) is 0 Å². The highest BCUT2D eigenvalue weighted by molar-refractivity contribution is 6.35. The molecule has 1 aliphatic heterocycles. The number of para-hydroxylation sites is 1. The Morgan fingerprint density at radius 1 is 0.968 bits per heavy atom. The second-order valence-electron chi connectivity index (χ2n) is 8.88. The zero-order valence-corrected chi connectivity index (χ0v) is 19.5. The molecule has 0 spiro atoms. The zero-order chi connectivity index (χ0) is 22.5. The highest BCUT2D eigenvalue weighted by atomic mass is 16.5. The number of hydrogen-bond donors (Lipinski definition) is 0. The lowest BCUT2D eigenvalue weighted by molar-refractivity contribution is -0.113. The van der Waals surface area contributed by atoms with Gasteiger partial charge in [-0.2, -0.15) is 0 Å². The first-order chi connectivity index (χ1) is 14.8. The van der Waals surface area contributed by atoms with Crippen molar-refractivity contribution in [2.75, 3.05) is 38.9 Å². The van der Waals surface area contributed by atoms with Crippen LogP contribution < -0.4 is 14.4 Å². The Bertz CT molecular complexity index is 939. The van der Waals surface area contributed by atoms with Crippen LogP contribution in [-0.2, 0) is 4.79 Å². The molecule has 3 rings (SSSR count). The van der Waals surface area contributed by atoms with Gasteiger partial charge >= 0.3 is 0 Å². The van der Waals surface area contributed by atoms with Crippen LogP contribution in [0.15, 0.2) is 42.5 Å². The number of nitrogens with zero attached hydrogens (tertiary/aromatic N) is 2. The lowest BCUT2D eigenvalue weighted by Crippen LogP contribution is -2.42. The minimum atomic E-state index is 0.0172. The van der Waals surface area contributed by atoms with Crippen LogP contribution in [0.5, 0.6) is 11.5 Å². The predicted molar refractivity (Wildman–Crippen MR) is 127 cm³/mol. The average Bonchev–Trinajstić information content (AvgIpc) is 2.98. The maximum Gasteiger partial charge on any atom is 0.260 e. The van der Waals surface area contributed by atoms with Gasteiger partial charge in [0.05, 0.1) is 26.6 Å². The van der Waals surface area contributed by atoms with Crippen molar-refractivity contribution in [1.82, 2.24) is 4.90 Å². The maximum atomic E-state index is 13.6. The summed E-state index contributed by atoms with van der Waals surface area (Å²) in [6, 6.07) is 13.6. The van der Waals surface area contributed by atoms with E-state index >= 15 is 0 Å². The summed E-state index contributed by atoms with van der Waals surface area (Å²) in [6.45, 7) is 11.3. The van der Waals surface area contributed by atoms with Gasteiger partial charge in [-0.1, -0.05) is 45.9 Å². The monoisotopic (exact) mass is 422 g/mol. The number of carbonyl (C=O) groups excluding carboxylic acids is 1. The molecule has 1 heterocycles. The first-order valence-electron chi connectivity index (χ1n) is 10.9. The standard InChI is InChI=1S/C26H34N2O3/c1-18(2)15-27(16-19(3)4)17-28-24-10-8-7-9-22(24)23(26(28)29)14-20-13-21(30-5)11-12-25(20)31-6/h7-14,18-19H,15-17H2,1-6H3/b23-14+. The molecule has 5 nitrogen and oxygen atoms in total. The fraction of sp³-hybridized carbons (Fsp3) is 0.423. The number of anilines is 1. The van der Waals surface area contributed by atoms with E-state index in [0.717, 1.165) is 35.7 Å².